The molecule has 6 heteroatoms. The third-order valence-corrected chi connectivity index (χ3v) is 5.17. The highest BCUT2D eigenvalue weighted by Gasteiger charge is 2.25. The Balaban J connectivity index is 0.00000161. The van der Waals surface area contributed by atoms with E-state index in [0.717, 1.165) is 50.6 Å². The summed E-state index contributed by atoms with van der Waals surface area (Å²) in [5, 5.41) is 1.96. The maximum absolute atomic E-state index is 12.2. The van der Waals surface area contributed by atoms with E-state index in [1.165, 1.54) is 11.3 Å². The minimum absolute atomic E-state index is 0. The fourth-order valence-corrected chi connectivity index (χ4v) is 4.10. The minimum Gasteiger partial charge on any atom is -0.462 e. The fraction of sp³-hybridized carbons (Fsp3) is 0.400. The molecule has 3 rings (SSSR count). The molecule has 0 spiro atoms. The van der Waals surface area contributed by atoms with Gasteiger partial charge in [-0.15, -0.1) is 23.7 Å². The van der Waals surface area contributed by atoms with Crippen molar-refractivity contribution in [1.82, 2.24) is 4.90 Å². The van der Waals surface area contributed by atoms with E-state index in [1.54, 1.807) is 0 Å². The zero-order valence-electron chi connectivity index (χ0n) is 11.9. The van der Waals surface area contributed by atoms with Gasteiger partial charge < -0.3 is 9.64 Å². The standard InChI is InChI=1S/C15H16ClNO2S.ClH/c1-3-19-15(18)14-10-8-17(2)7-6-9-11(16)4-5-12(20-14)13(9)10;/h4-5H,3,6-8H2,1-2H3;1H. The molecule has 0 saturated carbocycles. The van der Waals surface area contributed by atoms with E-state index in [-0.39, 0.29) is 18.4 Å². The Labute approximate surface area is 139 Å². The average Bonchev–Trinajstić information content (AvgIpc) is 2.67. The van der Waals surface area contributed by atoms with Crippen molar-refractivity contribution in [3.63, 3.8) is 0 Å². The third-order valence-electron chi connectivity index (χ3n) is 3.64. The summed E-state index contributed by atoms with van der Waals surface area (Å²) in [5.41, 5.74) is 2.23. The molecule has 1 aromatic heterocycles. The van der Waals surface area contributed by atoms with Crippen LogP contribution in [0, 0.1) is 0 Å². The Morgan fingerprint density at radius 2 is 2.19 bits per heavy atom. The van der Waals surface area contributed by atoms with E-state index in [4.69, 9.17) is 16.3 Å². The van der Waals surface area contributed by atoms with Gasteiger partial charge in [0.1, 0.15) is 4.88 Å². The molecule has 3 nitrogen and oxygen atoms in total. The number of likely N-dealkylation sites (N-methyl/N-ethyl adjacent to an activating group) is 1. The molecule has 1 aliphatic rings. The van der Waals surface area contributed by atoms with Gasteiger partial charge in [-0.05, 0) is 43.7 Å². The molecule has 2 heterocycles. The summed E-state index contributed by atoms with van der Waals surface area (Å²) in [5.74, 6) is -0.221. The lowest BCUT2D eigenvalue weighted by Gasteiger charge is -2.13. The molecule has 1 aromatic carbocycles. The molecule has 0 aliphatic carbocycles. The summed E-state index contributed by atoms with van der Waals surface area (Å²) in [6.45, 7) is 3.94. The van der Waals surface area contributed by atoms with Crippen LogP contribution in [0.5, 0.6) is 0 Å². The maximum Gasteiger partial charge on any atom is 0.348 e. The van der Waals surface area contributed by atoms with Crippen LogP contribution in [0.1, 0.15) is 27.7 Å². The number of thiophene rings is 1. The predicted molar refractivity (Wildman–Crippen MR) is 90.1 cm³/mol. The Morgan fingerprint density at radius 1 is 1.43 bits per heavy atom. The number of hydrogen-bond donors (Lipinski definition) is 0. The van der Waals surface area contributed by atoms with Crippen LogP contribution in [0.25, 0.3) is 10.1 Å². The minimum atomic E-state index is -0.221. The van der Waals surface area contributed by atoms with Gasteiger partial charge in [-0.25, -0.2) is 4.79 Å². The molecular formula is C15H17Cl2NO2S. The second kappa shape index (κ2) is 6.53. The van der Waals surface area contributed by atoms with Crippen molar-refractivity contribution in [3.8, 4) is 0 Å². The molecule has 0 N–H and O–H groups in total. The smallest absolute Gasteiger partial charge is 0.348 e. The Kier molecular flexibility index (Phi) is 5.15. The van der Waals surface area contributed by atoms with E-state index >= 15 is 0 Å². The van der Waals surface area contributed by atoms with Crippen molar-refractivity contribution in [3.05, 3.63) is 33.2 Å². The Hall–Kier alpha value is -0.810. The molecule has 0 radical (unpaired) electrons. The zero-order chi connectivity index (χ0) is 14.3. The van der Waals surface area contributed by atoms with Gasteiger partial charge in [0.05, 0.1) is 6.61 Å². The lowest BCUT2D eigenvalue weighted by Crippen LogP contribution is -2.19. The number of esters is 1. The van der Waals surface area contributed by atoms with Crippen molar-refractivity contribution < 1.29 is 9.53 Å². The third kappa shape index (κ3) is 2.90. The van der Waals surface area contributed by atoms with Crippen LogP contribution in [0.15, 0.2) is 12.1 Å². The number of nitrogens with zero attached hydrogens (tertiary/aromatic N) is 1. The zero-order valence-corrected chi connectivity index (χ0v) is 14.3. The SMILES string of the molecule is CCOC(=O)c1sc2ccc(Cl)c3c2c1CN(C)CC3.Cl. The van der Waals surface area contributed by atoms with Crippen molar-refractivity contribution >= 4 is 51.4 Å². The highest BCUT2D eigenvalue weighted by molar-refractivity contribution is 7.21. The van der Waals surface area contributed by atoms with Crippen LogP contribution < -0.4 is 0 Å². The van der Waals surface area contributed by atoms with Gasteiger partial charge in [-0.3, -0.25) is 0 Å². The molecule has 114 valence electrons. The number of hydrogen-bond acceptors (Lipinski definition) is 4. The molecule has 0 bridgehead atoms. The number of ether oxygens (including phenoxy) is 1. The summed E-state index contributed by atoms with van der Waals surface area (Å²) >= 11 is 7.86. The van der Waals surface area contributed by atoms with Gasteiger partial charge in [0.15, 0.2) is 0 Å². The van der Waals surface area contributed by atoms with Gasteiger partial charge in [0, 0.05) is 28.2 Å². The quantitative estimate of drug-likeness (QED) is 0.766. The van der Waals surface area contributed by atoms with Gasteiger partial charge in [-0.2, -0.15) is 0 Å². The van der Waals surface area contributed by atoms with E-state index in [2.05, 4.69) is 11.9 Å². The van der Waals surface area contributed by atoms with Crippen molar-refractivity contribution in [2.75, 3.05) is 20.2 Å². The molecule has 1 aliphatic heterocycles. The van der Waals surface area contributed by atoms with Gasteiger partial charge in [0.25, 0.3) is 0 Å². The van der Waals surface area contributed by atoms with Crippen LogP contribution in [-0.2, 0) is 17.7 Å². The first-order valence-corrected chi connectivity index (χ1v) is 7.89. The number of halogens is 2. The fourth-order valence-electron chi connectivity index (χ4n) is 2.71. The molecule has 2 aromatic rings. The lowest BCUT2D eigenvalue weighted by molar-refractivity contribution is 0.0530. The normalized spacial score (nSPS) is 14.6. The largest absolute Gasteiger partial charge is 0.462 e. The number of benzene rings is 1. The molecule has 0 atom stereocenters. The van der Waals surface area contributed by atoms with Crippen LogP contribution in [0.3, 0.4) is 0 Å². The summed E-state index contributed by atoms with van der Waals surface area (Å²) in [6.07, 6.45) is 0.915. The number of rotatable bonds is 2. The lowest BCUT2D eigenvalue weighted by atomic mass is 10.0. The summed E-state index contributed by atoms with van der Waals surface area (Å²) in [6, 6.07) is 3.93. The van der Waals surface area contributed by atoms with Crippen LogP contribution in [0.4, 0.5) is 0 Å². The first-order chi connectivity index (χ1) is 9.61. The average molecular weight is 346 g/mol. The van der Waals surface area contributed by atoms with Gasteiger partial charge in [0.2, 0.25) is 0 Å². The topological polar surface area (TPSA) is 29.5 Å². The van der Waals surface area contributed by atoms with Gasteiger partial charge >= 0.3 is 5.97 Å². The first-order valence-electron chi connectivity index (χ1n) is 6.70. The number of carbonyl (C=O) groups excluding carboxylic acids is 1. The van der Waals surface area contributed by atoms with E-state index in [0.29, 0.717) is 6.61 Å². The van der Waals surface area contributed by atoms with Crippen LogP contribution >= 0.6 is 35.3 Å². The van der Waals surface area contributed by atoms with Crippen LogP contribution in [-0.4, -0.2) is 31.1 Å². The van der Waals surface area contributed by atoms with Crippen molar-refractivity contribution in [1.29, 1.82) is 0 Å². The molecule has 0 amide bonds. The van der Waals surface area contributed by atoms with E-state index in [9.17, 15) is 4.79 Å². The highest BCUT2D eigenvalue weighted by Crippen LogP contribution is 2.39. The second-order valence-corrected chi connectivity index (χ2v) is 6.48. The van der Waals surface area contributed by atoms with Crippen molar-refractivity contribution in [2.24, 2.45) is 0 Å². The molecular weight excluding hydrogens is 329 g/mol. The van der Waals surface area contributed by atoms with Crippen LogP contribution in [0.2, 0.25) is 5.02 Å². The second-order valence-electron chi connectivity index (χ2n) is 5.02. The summed E-state index contributed by atoms with van der Waals surface area (Å²) in [4.78, 5) is 15.1. The molecule has 21 heavy (non-hydrogen) atoms. The molecule has 0 fully saturated rings. The van der Waals surface area contributed by atoms with Gasteiger partial charge in [-0.1, -0.05) is 11.6 Å². The summed E-state index contributed by atoms with van der Waals surface area (Å²) < 4.78 is 6.31. The van der Waals surface area contributed by atoms with E-state index in [1.807, 2.05) is 19.1 Å². The Morgan fingerprint density at radius 3 is 2.90 bits per heavy atom. The molecule has 0 saturated heterocycles. The Bertz CT molecular complexity index is 684. The number of carbonyl (C=O) groups is 1. The predicted octanol–water partition coefficient (Wildman–Crippen LogP) is 4.14. The van der Waals surface area contributed by atoms with Crippen molar-refractivity contribution in [2.45, 2.75) is 19.9 Å². The first kappa shape index (κ1) is 16.6. The highest BCUT2D eigenvalue weighted by atomic mass is 35.5. The maximum atomic E-state index is 12.2. The summed E-state index contributed by atoms with van der Waals surface area (Å²) in [7, 11) is 2.07. The monoisotopic (exact) mass is 345 g/mol. The molecule has 0 unspecified atom stereocenters. The van der Waals surface area contributed by atoms with E-state index < -0.39 is 0 Å².